The number of nitrogens with two attached hydrogens (primary N) is 1. The van der Waals surface area contributed by atoms with Gasteiger partial charge in [0.1, 0.15) is 11.4 Å². The highest BCUT2D eigenvalue weighted by molar-refractivity contribution is 5.98. The molecule has 1 atom stereocenters. The van der Waals surface area contributed by atoms with E-state index in [1.165, 1.54) is 24.0 Å². The Balaban J connectivity index is 2.37. The van der Waals surface area contributed by atoms with E-state index >= 15 is 0 Å². The molecule has 2 rings (SSSR count). The second kappa shape index (κ2) is 5.11. The molecular formula is C14H17FN2O3. The summed E-state index contributed by atoms with van der Waals surface area (Å²) in [4.78, 5) is 25.1. The van der Waals surface area contributed by atoms with Gasteiger partial charge in [0, 0.05) is 12.2 Å². The first-order valence-corrected chi connectivity index (χ1v) is 6.46. The maximum Gasteiger partial charge on any atom is 0.329 e. The van der Waals surface area contributed by atoms with Crippen LogP contribution in [0.5, 0.6) is 0 Å². The summed E-state index contributed by atoms with van der Waals surface area (Å²) in [6, 6.07) is 3.79. The predicted molar refractivity (Wildman–Crippen MR) is 71.7 cm³/mol. The first-order valence-electron chi connectivity index (χ1n) is 6.46. The summed E-state index contributed by atoms with van der Waals surface area (Å²) < 4.78 is 13.8. The number of nitrogens with zero attached hydrogens (tertiary/aromatic N) is 1. The molecule has 0 aliphatic carbocycles. The molecule has 0 spiro atoms. The molecule has 3 N–H and O–H groups in total. The van der Waals surface area contributed by atoms with Crippen molar-refractivity contribution < 1.29 is 19.1 Å². The minimum Gasteiger partial charge on any atom is -0.480 e. The number of anilines is 1. The Labute approximate surface area is 116 Å². The SMILES string of the molecule is CC1(C(=O)O)CCCCN1C(=O)c1ccc(N)cc1F. The van der Waals surface area contributed by atoms with Crippen molar-refractivity contribution in [3.05, 3.63) is 29.6 Å². The number of rotatable bonds is 2. The number of hydrogen-bond acceptors (Lipinski definition) is 3. The van der Waals surface area contributed by atoms with Gasteiger partial charge in [0.05, 0.1) is 5.56 Å². The summed E-state index contributed by atoms with van der Waals surface area (Å²) in [7, 11) is 0. The number of piperidine rings is 1. The number of carboxylic acids is 1. The Morgan fingerprint density at radius 3 is 2.70 bits per heavy atom. The summed E-state index contributed by atoms with van der Waals surface area (Å²) in [6.45, 7) is 1.81. The smallest absolute Gasteiger partial charge is 0.329 e. The van der Waals surface area contributed by atoms with Crippen molar-refractivity contribution in [2.45, 2.75) is 31.7 Å². The van der Waals surface area contributed by atoms with Crippen molar-refractivity contribution in [3.63, 3.8) is 0 Å². The summed E-state index contributed by atoms with van der Waals surface area (Å²) >= 11 is 0. The molecule has 1 fully saturated rings. The van der Waals surface area contributed by atoms with Gasteiger partial charge in [-0.05, 0) is 44.4 Å². The van der Waals surface area contributed by atoms with Crippen LogP contribution < -0.4 is 5.73 Å². The van der Waals surface area contributed by atoms with Crippen molar-refractivity contribution in [2.75, 3.05) is 12.3 Å². The van der Waals surface area contributed by atoms with Crippen LogP contribution in [0.4, 0.5) is 10.1 Å². The quantitative estimate of drug-likeness (QED) is 0.810. The molecule has 1 aromatic carbocycles. The number of aliphatic carboxylic acids is 1. The van der Waals surface area contributed by atoms with Crippen LogP contribution in [0.1, 0.15) is 36.5 Å². The number of carbonyl (C=O) groups excluding carboxylic acids is 1. The summed E-state index contributed by atoms with van der Waals surface area (Å²) in [6.07, 6.45) is 1.81. The van der Waals surface area contributed by atoms with Crippen LogP contribution in [0.25, 0.3) is 0 Å². The number of hydrogen-bond donors (Lipinski definition) is 2. The van der Waals surface area contributed by atoms with E-state index < -0.39 is 23.2 Å². The van der Waals surface area contributed by atoms with Gasteiger partial charge in [-0.25, -0.2) is 9.18 Å². The predicted octanol–water partition coefficient (Wildman–Crippen LogP) is 1.88. The molecule has 20 heavy (non-hydrogen) atoms. The van der Waals surface area contributed by atoms with Crippen molar-refractivity contribution in [2.24, 2.45) is 0 Å². The highest BCUT2D eigenvalue weighted by Gasteiger charge is 2.44. The fourth-order valence-corrected chi connectivity index (χ4v) is 2.52. The third-order valence-electron chi connectivity index (χ3n) is 3.82. The third kappa shape index (κ3) is 2.33. The van der Waals surface area contributed by atoms with Crippen LogP contribution in [0.2, 0.25) is 0 Å². The van der Waals surface area contributed by atoms with Crippen molar-refractivity contribution in [3.8, 4) is 0 Å². The summed E-state index contributed by atoms with van der Waals surface area (Å²) in [5.41, 5.74) is 4.24. The van der Waals surface area contributed by atoms with Gasteiger partial charge in [0.25, 0.3) is 5.91 Å². The molecule has 6 heteroatoms. The number of carbonyl (C=O) groups is 2. The fraction of sp³-hybridized carbons (Fsp3) is 0.429. The normalized spacial score (nSPS) is 22.6. The number of benzene rings is 1. The zero-order chi connectivity index (χ0) is 14.9. The molecule has 1 aromatic rings. The molecule has 5 nitrogen and oxygen atoms in total. The van der Waals surface area contributed by atoms with Gasteiger partial charge in [0.2, 0.25) is 0 Å². The van der Waals surface area contributed by atoms with Crippen LogP contribution >= 0.6 is 0 Å². The number of halogens is 1. The first-order chi connectivity index (χ1) is 9.36. The third-order valence-corrected chi connectivity index (χ3v) is 3.82. The second-order valence-electron chi connectivity index (χ2n) is 5.23. The number of carboxylic acid groups (broad SMARTS) is 1. The van der Waals surface area contributed by atoms with E-state index in [1.807, 2.05) is 0 Å². The van der Waals surface area contributed by atoms with Gasteiger partial charge in [-0.15, -0.1) is 0 Å². The van der Waals surface area contributed by atoms with E-state index in [9.17, 15) is 19.1 Å². The van der Waals surface area contributed by atoms with E-state index in [2.05, 4.69) is 0 Å². The highest BCUT2D eigenvalue weighted by atomic mass is 19.1. The molecule has 1 aliphatic heterocycles. The van der Waals surface area contributed by atoms with Gasteiger partial charge in [-0.3, -0.25) is 4.79 Å². The standard InChI is InChI=1S/C14H17FN2O3/c1-14(13(19)20)6-2-3-7-17(14)12(18)10-5-4-9(16)8-11(10)15/h4-5,8H,2-3,6-7,16H2,1H3,(H,19,20). The Morgan fingerprint density at radius 1 is 1.40 bits per heavy atom. The molecule has 1 unspecified atom stereocenters. The molecule has 1 heterocycles. The van der Waals surface area contributed by atoms with Gasteiger partial charge in [0.15, 0.2) is 0 Å². The lowest BCUT2D eigenvalue weighted by molar-refractivity contribution is -0.150. The molecule has 1 amide bonds. The molecule has 0 radical (unpaired) electrons. The van der Waals surface area contributed by atoms with Crippen LogP contribution in [0.15, 0.2) is 18.2 Å². The zero-order valence-corrected chi connectivity index (χ0v) is 11.2. The highest BCUT2D eigenvalue weighted by Crippen LogP contribution is 2.30. The van der Waals surface area contributed by atoms with Crippen LogP contribution in [0.3, 0.4) is 0 Å². The Kier molecular flexibility index (Phi) is 3.65. The Morgan fingerprint density at radius 2 is 2.10 bits per heavy atom. The first kappa shape index (κ1) is 14.3. The summed E-state index contributed by atoms with van der Waals surface area (Å²) in [5, 5.41) is 9.37. The largest absolute Gasteiger partial charge is 0.480 e. The minimum absolute atomic E-state index is 0.145. The van der Waals surface area contributed by atoms with Crippen LogP contribution in [0, 0.1) is 5.82 Å². The Hall–Kier alpha value is -2.11. The lowest BCUT2D eigenvalue weighted by Gasteiger charge is -2.41. The average molecular weight is 280 g/mol. The zero-order valence-electron chi connectivity index (χ0n) is 11.2. The van der Waals surface area contributed by atoms with E-state index in [0.717, 1.165) is 12.5 Å². The molecule has 0 saturated carbocycles. The minimum atomic E-state index is -1.29. The maximum atomic E-state index is 13.8. The van der Waals surface area contributed by atoms with Crippen molar-refractivity contribution >= 4 is 17.6 Å². The molecule has 1 saturated heterocycles. The maximum absolute atomic E-state index is 13.8. The second-order valence-corrected chi connectivity index (χ2v) is 5.23. The van der Waals surface area contributed by atoms with Crippen molar-refractivity contribution in [1.82, 2.24) is 4.90 Å². The van der Waals surface area contributed by atoms with E-state index in [1.54, 1.807) is 0 Å². The van der Waals surface area contributed by atoms with Crippen molar-refractivity contribution in [1.29, 1.82) is 0 Å². The molecule has 0 bridgehead atoms. The number of amides is 1. The number of nitrogen functional groups attached to an aromatic ring is 1. The Bertz CT molecular complexity index is 561. The topological polar surface area (TPSA) is 83.6 Å². The van der Waals surface area contributed by atoms with Gasteiger partial charge >= 0.3 is 5.97 Å². The molecule has 1 aliphatic rings. The number of likely N-dealkylation sites (tertiary alicyclic amines) is 1. The molecule has 0 aromatic heterocycles. The molecule has 108 valence electrons. The monoisotopic (exact) mass is 280 g/mol. The van der Waals surface area contributed by atoms with Crippen LogP contribution in [-0.2, 0) is 4.79 Å². The van der Waals surface area contributed by atoms with E-state index in [4.69, 9.17) is 5.73 Å². The lowest BCUT2D eigenvalue weighted by atomic mass is 9.87. The molecular weight excluding hydrogens is 263 g/mol. The summed E-state index contributed by atoms with van der Waals surface area (Å²) in [5.74, 6) is -2.40. The fourth-order valence-electron chi connectivity index (χ4n) is 2.52. The lowest BCUT2D eigenvalue weighted by Crippen LogP contribution is -2.57. The van der Waals surface area contributed by atoms with Gasteiger partial charge in [-0.2, -0.15) is 0 Å². The van der Waals surface area contributed by atoms with E-state index in [0.29, 0.717) is 19.4 Å². The van der Waals surface area contributed by atoms with Gasteiger partial charge < -0.3 is 15.7 Å². The van der Waals surface area contributed by atoms with E-state index in [-0.39, 0.29) is 11.3 Å². The van der Waals surface area contributed by atoms with Crippen LogP contribution in [-0.4, -0.2) is 34.0 Å². The average Bonchev–Trinajstić information content (AvgIpc) is 2.38. The van der Waals surface area contributed by atoms with Gasteiger partial charge in [-0.1, -0.05) is 0 Å².